The summed E-state index contributed by atoms with van der Waals surface area (Å²) in [6, 6.07) is 6.64. The van der Waals surface area contributed by atoms with Crippen LogP contribution in [-0.4, -0.2) is 44.0 Å². The SMILES string of the molecule is CS(=O)(=O)CC(=O)N1CC(C(=O)O)c2ccccc21. The Kier molecular flexibility index (Phi) is 3.32. The summed E-state index contributed by atoms with van der Waals surface area (Å²) in [7, 11) is -3.44. The maximum Gasteiger partial charge on any atom is 0.312 e. The number of nitrogens with zero attached hydrogens (tertiary/aromatic N) is 1. The van der Waals surface area contributed by atoms with Crippen molar-refractivity contribution < 1.29 is 23.1 Å². The van der Waals surface area contributed by atoms with Crippen molar-refractivity contribution in [3.05, 3.63) is 29.8 Å². The van der Waals surface area contributed by atoms with Crippen LogP contribution in [0.4, 0.5) is 5.69 Å². The van der Waals surface area contributed by atoms with Crippen molar-refractivity contribution in [3.8, 4) is 0 Å². The molecule has 0 aromatic heterocycles. The largest absolute Gasteiger partial charge is 0.481 e. The lowest BCUT2D eigenvalue weighted by Crippen LogP contribution is -2.35. The molecule has 1 unspecified atom stereocenters. The molecular formula is C12H13NO5S. The number of rotatable bonds is 3. The second kappa shape index (κ2) is 4.65. The highest BCUT2D eigenvalue weighted by molar-refractivity contribution is 7.91. The van der Waals surface area contributed by atoms with E-state index in [1.54, 1.807) is 24.3 Å². The van der Waals surface area contributed by atoms with Gasteiger partial charge in [-0.25, -0.2) is 8.42 Å². The fourth-order valence-corrected chi connectivity index (χ4v) is 2.76. The first-order valence-electron chi connectivity index (χ1n) is 5.59. The Bertz CT molecular complexity index is 637. The van der Waals surface area contributed by atoms with E-state index in [1.165, 1.54) is 4.90 Å². The number of benzene rings is 1. The average Bonchev–Trinajstić information content (AvgIpc) is 2.66. The molecule has 1 heterocycles. The first-order valence-corrected chi connectivity index (χ1v) is 7.65. The fraction of sp³-hybridized carbons (Fsp3) is 0.333. The standard InChI is InChI=1S/C12H13NO5S/c1-19(17,18)7-11(14)13-6-9(12(15)16)8-4-2-3-5-10(8)13/h2-5,9H,6-7H2,1H3,(H,15,16). The molecule has 1 atom stereocenters. The average molecular weight is 283 g/mol. The summed E-state index contributed by atoms with van der Waals surface area (Å²) in [5.41, 5.74) is 1.01. The van der Waals surface area contributed by atoms with E-state index in [0.29, 0.717) is 11.3 Å². The Morgan fingerprint density at radius 3 is 2.58 bits per heavy atom. The molecule has 1 aliphatic heterocycles. The number of carboxylic acids is 1. The second-order valence-electron chi connectivity index (χ2n) is 4.52. The highest BCUT2D eigenvalue weighted by atomic mass is 32.2. The molecule has 0 fully saturated rings. The first-order chi connectivity index (χ1) is 8.79. The Labute approximate surface area is 110 Å². The van der Waals surface area contributed by atoms with Crippen molar-refractivity contribution in [2.45, 2.75) is 5.92 Å². The van der Waals surface area contributed by atoms with E-state index in [9.17, 15) is 18.0 Å². The molecule has 1 amide bonds. The van der Waals surface area contributed by atoms with Gasteiger partial charge in [-0.2, -0.15) is 0 Å². The highest BCUT2D eigenvalue weighted by Gasteiger charge is 2.36. The van der Waals surface area contributed by atoms with Crippen molar-refractivity contribution in [1.29, 1.82) is 0 Å². The van der Waals surface area contributed by atoms with Gasteiger partial charge in [0, 0.05) is 18.5 Å². The normalized spacial score (nSPS) is 18.2. The van der Waals surface area contributed by atoms with E-state index in [1.807, 2.05) is 0 Å². The lowest BCUT2D eigenvalue weighted by Gasteiger charge is -2.16. The molecule has 2 rings (SSSR count). The number of fused-ring (bicyclic) bond motifs is 1. The molecule has 0 saturated heterocycles. The van der Waals surface area contributed by atoms with Crippen LogP contribution in [0.1, 0.15) is 11.5 Å². The van der Waals surface area contributed by atoms with E-state index < -0.39 is 33.4 Å². The molecule has 6 nitrogen and oxygen atoms in total. The van der Waals surface area contributed by atoms with Crippen LogP contribution >= 0.6 is 0 Å². The molecule has 102 valence electrons. The third-order valence-corrected chi connectivity index (χ3v) is 3.72. The van der Waals surface area contributed by atoms with E-state index in [-0.39, 0.29) is 6.54 Å². The lowest BCUT2D eigenvalue weighted by molar-refractivity contribution is -0.138. The minimum atomic E-state index is -3.44. The van der Waals surface area contributed by atoms with Gasteiger partial charge in [0.1, 0.15) is 11.7 Å². The summed E-state index contributed by atoms with van der Waals surface area (Å²) in [5.74, 6) is -3.05. The topological polar surface area (TPSA) is 91.8 Å². The van der Waals surface area contributed by atoms with Crippen molar-refractivity contribution in [1.82, 2.24) is 0 Å². The van der Waals surface area contributed by atoms with E-state index in [2.05, 4.69) is 0 Å². The summed E-state index contributed by atoms with van der Waals surface area (Å²) >= 11 is 0. The molecule has 1 aromatic rings. The lowest BCUT2D eigenvalue weighted by atomic mass is 10.0. The van der Waals surface area contributed by atoms with Gasteiger partial charge in [-0.3, -0.25) is 9.59 Å². The predicted octanol–water partition coefficient (Wildman–Crippen LogP) is 0.246. The number of carboxylic acid groups (broad SMARTS) is 1. The third-order valence-electron chi connectivity index (χ3n) is 2.95. The van der Waals surface area contributed by atoms with Crippen molar-refractivity contribution in [2.75, 3.05) is 23.5 Å². The molecule has 0 aliphatic carbocycles. The zero-order valence-corrected chi connectivity index (χ0v) is 11.1. The number of amides is 1. The van der Waals surface area contributed by atoms with Crippen molar-refractivity contribution in [2.24, 2.45) is 0 Å². The summed E-state index contributed by atoms with van der Waals surface area (Å²) in [5, 5.41) is 9.14. The molecule has 0 spiro atoms. The maximum absolute atomic E-state index is 11.9. The zero-order chi connectivity index (χ0) is 14.2. The highest BCUT2D eigenvalue weighted by Crippen LogP contribution is 2.36. The number of anilines is 1. The number of sulfone groups is 1. The number of carbonyl (C=O) groups is 2. The summed E-state index contributed by atoms with van der Waals surface area (Å²) in [6.45, 7) is -0.0248. The van der Waals surface area contributed by atoms with Crippen molar-refractivity contribution in [3.63, 3.8) is 0 Å². The second-order valence-corrected chi connectivity index (χ2v) is 6.66. The number of para-hydroxylation sites is 1. The van der Waals surface area contributed by atoms with Gasteiger partial charge in [-0.05, 0) is 11.6 Å². The molecule has 0 radical (unpaired) electrons. The molecule has 0 saturated carbocycles. The Hall–Kier alpha value is -1.89. The van der Waals surface area contributed by atoms with Gasteiger partial charge in [-0.15, -0.1) is 0 Å². The molecule has 1 aliphatic rings. The maximum atomic E-state index is 11.9. The van der Waals surface area contributed by atoms with Crippen molar-refractivity contribution >= 4 is 27.4 Å². The molecule has 0 bridgehead atoms. The molecule has 1 aromatic carbocycles. The van der Waals surface area contributed by atoms with Gasteiger partial charge in [0.15, 0.2) is 9.84 Å². The van der Waals surface area contributed by atoms with Gasteiger partial charge in [0.25, 0.3) is 0 Å². The smallest absolute Gasteiger partial charge is 0.312 e. The number of carbonyl (C=O) groups excluding carboxylic acids is 1. The van der Waals surface area contributed by atoms with Crippen LogP contribution in [0.2, 0.25) is 0 Å². The van der Waals surface area contributed by atoms with Crippen LogP contribution in [0.5, 0.6) is 0 Å². The predicted molar refractivity (Wildman–Crippen MR) is 68.9 cm³/mol. The number of hydrogen-bond donors (Lipinski definition) is 1. The van der Waals surface area contributed by atoms with Gasteiger partial charge < -0.3 is 10.0 Å². The van der Waals surface area contributed by atoms with E-state index >= 15 is 0 Å². The van der Waals surface area contributed by atoms with Crippen LogP contribution in [0, 0.1) is 0 Å². The van der Waals surface area contributed by atoms with Gasteiger partial charge in [0.05, 0.1) is 0 Å². The number of hydrogen-bond acceptors (Lipinski definition) is 4. The van der Waals surface area contributed by atoms with Crippen LogP contribution < -0.4 is 4.90 Å². The minimum absolute atomic E-state index is 0.0248. The van der Waals surface area contributed by atoms with Gasteiger partial charge in [-0.1, -0.05) is 18.2 Å². The summed E-state index contributed by atoms with van der Waals surface area (Å²) in [4.78, 5) is 24.3. The fourth-order valence-electron chi connectivity index (χ4n) is 2.16. The van der Waals surface area contributed by atoms with E-state index in [0.717, 1.165) is 6.26 Å². The number of aliphatic carboxylic acids is 1. The molecule has 19 heavy (non-hydrogen) atoms. The van der Waals surface area contributed by atoms with Crippen LogP contribution in [0.3, 0.4) is 0 Å². The first kappa shape index (κ1) is 13.5. The monoisotopic (exact) mass is 283 g/mol. The molecule has 7 heteroatoms. The molecular weight excluding hydrogens is 270 g/mol. The third kappa shape index (κ3) is 2.76. The Morgan fingerprint density at radius 2 is 2.00 bits per heavy atom. The summed E-state index contributed by atoms with van der Waals surface area (Å²) < 4.78 is 22.3. The molecule has 1 N–H and O–H groups in total. The Morgan fingerprint density at radius 1 is 1.37 bits per heavy atom. The Balaban J connectivity index is 2.35. The van der Waals surface area contributed by atoms with Crippen LogP contribution in [0.15, 0.2) is 24.3 Å². The van der Waals surface area contributed by atoms with E-state index in [4.69, 9.17) is 5.11 Å². The summed E-state index contributed by atoms with van der Waals surface area (Å²) in [6.07, 6.45) is 0.974. The van der Waals surface area contributed by atoms with Crippen LogP contribution in [0.25, 0.3) is 0 Å². The zero-order valence-electron chi connectivity index (χ0n) is 10.2. The quantitative estimate of drug-likeness (QED) is 0.858. The minimum Gasteiger partial charge on any atom is -0.481 e. The van der Waals surface area contributed by atoms with Gasteiger partial charge >= 0.3 is 5.97 Å². The van der Waals surface area contributed by atoms with Crippen LogP contribution in [-0.2, 0) is 19.4 Å². The van der Waals surface area contributed by atoms with Gasteiger partial charge in [0.2, 0.25) is 5.91 Å².